The molecule has 0 radical (unpaired) electrons. The molecule has 0 aliphatic heterocycles. The van der Waals surface area contributed by atoms with E-state index in [1.807, 2.05) is 0 Å². The van der Waals surface area contributed by atoms with E-state index >= 15 is 0 Å². The Kier molecular flexibility index (Phi) is 6.46. The zero-order chi connectivity index (χ0) is 17.5. The minimum Gasteiger partial charge on any atom is -0.497 e. The fourth-order valence-electron chi connectivity index (χ4n) is 2.85. The number of hydrogen-bond acceptors (Lipinski definition) is 5. The Morgan fingerprint density at radius 1 is 1.12 bits per heavy atom. The van der Waals surface area contributed by atoms with E-state index in [4.69, 9.17) is 14.2 Å². The summed E-state index contributed by atoms with van der Waals surface area (Å²) in [6.45, 7) is 1.93. The topological polar surface area (TPSA) is 73.9 Å². The van der Waals surface area contributed by atoms with Crippen molar-refractivity contribution in [2.45, 2.75) is 38.6 Å². The molecule has 0 unspecified atom stereocenters. The highest BCUT2D eigenvalue weighted by atomic mass is 16.5. The molecule has 1 amide bonds. The molecule has 1 aliphatic rings. The van der Waals surface area contributed by atoms with Gasteiger partial charge in [0.25, 0.3) is 5.91 Å². The molecule has 6 heteroatoms. The molecule has 6 nitrogen and oxygen atoms in total. The largest absolute Gasteiger partial charge is 0.497 e. The van der Waals surface area contributed by atoms with Crippen LogP contribution in [0.3, 0.4) is 0 Å². The number of benzene rings is 1. The minimum absolute atomic E-state index is 0.183. The van der Waals surface area contributed by atoms with E-state index in [0.717, 1.165) is 31.6 Å². The van der Waals surface area contributed by atoms with Crippen molar-refractivity contribution < 1.29 is 23.8 Å². The molecule has 1 saturated carbocycles. The van der Waals surface area contributed by atoms with Gasteiger partial charge in [-0.1, -0.05) is 6.92 Å². The first-order valence-electron chi connectivity index (χ1n) is 8.22. The van der Waals surface area contributed by atoms with Crippen molar-refractivity contribution >= 4 is 11.9 Å². The van der Waals surface area contributed by atoms with Crippen LogP contribution >= 0.6 is 0 Å². The van der Waals surface area contributed by atoms with E-state index < -0.39 is 5.97 Å². The maximum absolute atomic E-state index is 12.1. The van der Waals surface area contributed by atoms with Gasteiger partial charge in [0.2, 0.25) is 0 Å². The monoisotopic (exact) mass is 335 g/mol. The van der Waals surface area contributed by atoms with Gasteiger partial charge in [0, 0.05) is 12.1 Å². The fourth-order valence-corrected chi connectivity index (χ4v) is 2.85. The second-order valence-electron chi connectivity index (χ2n) is 6.17. The molecule has 0 heterocycles. The smallest absolute Gasteiger partial charge is 0.342 e. The van der Waals surface area contributed by atoms with E-state index in [-0.39, 0.29) is 24.1 Å². The molecule has 0 atom stereocenters. The average Bonchev–Trinajstić information content (AvgIpc) is 2.61. The highest BCUT2D eigenvalue weighted by Gasteiger charge is 2.21. The molecular formula is C18H25NO5. The number of nitrogens with one attached hydrogen (secondary N) is 1. The predicted molar refractivity (Wildman–Crippen MR) is 89.4 cm³/mol. The predicted octanol–water partition coefficient (Wildman–Crippen LogP) is 2.56. The van der Waals surface area contributed by atoms with Gasteiger partial charge in [-0.3, -0.25) is 4.79 Å². The summed E-state index contributed by atoms with van der Waals surface area (Å²) in [6, 6.07) is 4.98. The van der Waals surface area contributed by atoms with Crippen molar-refractivity contribution in [1.29, 1.82) is 0 Å². The first-order chi connectivity index (χ1) is 11.5. The zero-order valence-electron chi connectivity index (χ0n) is 14.5. The summed E-state index contributed by atoms with van der Waals surface area (Å²) < 4.78 is 15.3. The van der Waals surface area contributed by atoms with Crippen LogP contribution in [0.4, 0.5) is 0 Å². The third-order valence-electron chi connectivity index (χ3n) is 4.34. The summed E-state index contributed by atoms with van der Waals surface area (Å²) >= 11 is 0. The van der Waals surface area contributed by atoms with Gasteiger partial charge in [-0.2, -0.15) is 0 Å². The van der Waals surface area contributed by atoms with Crippen molar-refractivity contribution in [2.75, 3.05) is 20.8 Å². The maximum Gasteiger partial charge on any atom is 0.342 e. The Morgan fingerprint density at radius 2 is 1.83 bits per heavy atom. The number of rotatable bonds is 6. The summed E-state index contributed by atoms with van der Waals surface area (Å²) in [7, 11) is 2.99. The summed E-state index contributed by atoms with van der Waals surface area (Å²) in [4.78, 5) is 24.1. The van der Waals surface area contributed by atoms with Gasteiger partial charge in [0.05, 0.1) is 14.2 Å². The summed E-state index contributed by atoms with van der Waals surface area (Å²) in [6.07, 6.45) is 4.20. The highest BCUT2D eigenvalue weighted by molar-refractivity contribution is 5.94. The van der Waals surface area contributed by atoms with E-state index in [1.54, 1.807) is 18.2 Å². The maximum atomic E-state index is 12.1. The second kappa shape index (κ2) is 8.57. The number of methoxy groups -OCH3 is 2. The van der Waals surface area contributed by atoms with Crippen molar-refractivity contribution in [3.05, 3.63) is 23.8 Å². The number of carbonyl (C=O) groups is 2. The van der Waals surface area contributed by atoms with Gasteiger partial charge in [0.15, 0.2) is 6.61 Å². The van der Waals surface area contributed by atoms with Crippen molar-refractivity contribution in [3.8, 4) is 11.5 Å². The second-order valence-corrected chi connectivity index (χ2v) is 6.17. The molecular weight excluding hydrogens is 310 g/mol. The fraction of sp³-hybridized carbons (Fsp3) is 0.556. The quantitative estimate of drug-likeness (QED) is 0.809. The van der Waals surface area contributed by atoms with Crippen molar-refractivity contribution in [1.82, 2.24) is 5.32 Å². The lowest BCUT2D eigenvalue weighted by Gasteiger charge is -2.26. The molecule has 1 aromatic rings. The van der Waals surface area contributed by atoms with E-state index in [9.17, 15) is 9.59 Å². The molecule has 1 fully saturated rings. The number of carbonyl (C=O) groups excluding carboxylic acids is 2. The van der Waals surface area contributed by atoms with Gasteiger partial charge >= 0.3 is 5.97 Å². The Labute approximate surface area is 142 Å². The zero-order valence-corrected chi connectivity index (χ0v) is 14.5. The first kappa shape index (κ1) is 18.1. The molecule has 24 heavy (non-hydrogen) atoms. The number of ether oxygens (including phenoxy) is 3. The van der Waals surface area contributed by atoms with E-state index in [2.05, 4.69) is 12.2 Å². The van der Waals surface area contributed by atoms with Crippen molar-refractivity contribution in [3.63, 3.8) is 0 Å². The van der Waals surface area contributed by atoms with Crippen LogP contribution in [0.25, 0.3) is 0 Å². The Bertz CT molecular complexity index is 579. The number of hydrogen-bond donors (Lipinski definition) is 1. The third kappa shape index (κ3) is 4.88. The summed E-state index contributed by atoms with van der Waals surface area (Å²) in [5, 5.41) is 2.93. The lowest BCUT2D eigenvalue weighted by Crippen LogP contribution is -2.39. The van der Waals surface area contributed by atoms with Gasteiger partial charge in [-0.25, -0.2) is 4.79 Å². The van der Waals surface area contributed by atoms with Crippen LogP contribution in [0.2, 0.25) is 0 Å². The average molecular weight is 335 g/mol. The number of amides is 1. The lowest BCUT2D eigenvalue weighted by atomic mass is 9.87. The van der Waals surface area contributed by atoms with Gasteiger partial charge < -0.3 is 19.5 Å². The van der Waals surface area contributed by atoms with Crippen LogP contribution < -0.4 is 14.8 Å². The molecule has 1 aromatic carbocycles. The Balaban J connectivity index is 1.85. The number of esters is 1. The molecule has 1 N–H and O–H groups in total. The van der Waals surface area contributed by atoms with E-state index in [0.29, 0.717) is 11.5 Å². The lowest BCUT2D eigenvalue weighted by molar-refractivity contribution is -0.125. The van der Waals surface area contributed by atoms with Gasteiger partial charge in [-0.15, -0.1) is 0 Å². The van der Waals surface area contributed by atoms with Crippen LogP contribution in [0.5, 0.6) is 11.5 Å². The molecule has 1 aliphatic carbocycles. The Morgan fingerprint density at radius 3 is 2.46 bits per heavy atom. The molecule has 2 rings (SSSR count). The molecule has 0 spiro atoms. The van der Waals surface area contributed by atoms with Crippen LogP contribution in [-0.2, 0) is 9.53 Å². The van der Waals surface area contributed by atoms with Crippen LogP contribution in [-0.4, -0.2) is 38.7 Å². The van der Waals surface area contributed by atoms with Gasteiger partial charge in [-0.05, 0) is 43.7 Å². The summed E-state index contributed by atoms with van der Waals surface area (Å²) in [5.74, 6) is 0.782. The third-order valence-corrected chi connectivity index (χ3v) is 4.34. The van der Waals surface area contributed by atoms with Crippen LogP contribution in [0.1, 0.15) is 43.0 Å². The van der Waals surface area contributed by atoms with E-state index in [1.165, 1.54) is 14.2 Å². The molecule has 0 bridgehead atoms. The minimum atomic E-state index is -0.595. The summed E-state index contributed by atoms with van der Waals surface area (Å²) in [5.41, 5.74) is 0.262. The molecule has 0 aromatic heterocycles. The first-order valence-corrected chi connectivity index (χ1v) is 8.22. The molecule has 0 saturated heterocycles. The van der Waals surface area contributed by atoms with Gasteiger partial charge in [0.1, 0.15) is 17.1 Å². The normalized spacial score (nSPS) is 20.1. The van der Waals surface area contributed by atoms with Crippen LogP contribution in [0, 0.1) is 5.92 Å². The SMILES string of the molecule is COc1ccc(C(=O)OCC(=O)NC2CCC(C)CC2)c(OC)c1. The standard InChI is InChI=1S/C18H25NO5/c1-12-4-6-13(7-5-12)19-17(20)11-24-18(21)15-9-8-14(22-2)10-16(15)23-3/h8-10,12-13H,4-7,11H2,1-3H3,(H,19,20). The Hall–Kier alpha value is -2.24. The van der Waals surface area contributed by atoms with Crippen LogP contribution in [0.15, 0.2) is 18.2 Å². The molecule has 132 valence electrons. The van der Waals surface area contributed by atoms with Crippen molar-refractivity contribution in [2.24, 2.45) is 5.92 Å². The highest BCUT2D eigenvalue weighted by Crippen LogP contribution is 2.25.